The van der Waals surface area contributed by atoms with Crippen LogP contribution in [0.25, 0.3) is 0 Å². The Hall–Kier alpha value is -2.69. The van der Waals surface area contributed by atoms with Crippen molar-refractivity contribution in [1.82, 2.24) is 0 Å². The molecule has 0 spiro atoms. The Morgan fingerprint density at radius 3 is 2.75 bits per heavy atom. The molecule has 5 nitrogen and oxygen atoms in total. The number of phenolic OH excluding ortho intramolecular Hbond substituents is 2. The monoisotopic (exact) mass is 272 g/mol. The molecular formula is C15H12O5. The van der Waals surface area contributed by atoms with E-state index in [1.165, 1.54) is 19.2 Å². The summed E-state index contributed by atoms with van der Waals surface area (Å²) in [7, 11) is 1.32. The van der Waals surface area contributed by atoms with Crippen LogP contribution in [0.5, 0.6) is 23.0 Å². The molecule has 0 saturated heterocycles. The molecule has 0 unspecified atom stereocenters. The number of aromatic hydroxyl groups is 2. The second-order valence-electron chi connectivity index (χ2n) is 4.55. The summed E-state index contributed by atoms with van der Waals surface area (Å²) < 4.78 is 10.3. The molecule has 0 aromatic heterocycles. The van der Waals surface area contributed by atoms with E-state index in [1.54, 1.807) is 18.2 Å². The van der Waals surface area contributed by atoms with Crippen molar-refractivity contribution in [3.05, 3.63) is 47.0 Å². The van der Waals surface area contributed by atoms with Gasteiger partial charge in [0.25, 0.3) is 0 Å². The zero-order valence-corrected chi connectivity index (χ0v) is 10.7. The molecule has 0 bridgehead atoms. The van der Waals surface area contributed by atoms with E-state index < -0.39 is 5.97 Å². The summed E-state index contributed by atoms with van der Waals surface area (Å²) in [6.07, 6.45) is 0.456. The molecule has 0 radical (unpaired) electrons. The summed E-state index contributed by atoms with van der Waals surface area (Å²) in [6, 6.07) is 7.71. The van der Waals surface area contributed by atoms with Gasteiger partial charge >= 0.3 is 5.97 Å². The van der Waals surface area contributed by atoms with Crippen LogP contribution in [0, 0.1) is 0 Å². The average Bonchev–Trinajstić information content (AvgIpc) is 2.44. The summed E-state index contributed by atoms with van der Waals surface area (Å²) in [5.74, 6) is 0.352. The van der Waals surface area contributed by atoms with Crippen LogP contribution in [0.2, 0.25) is 0 Å². The minimum Gasteiger partial charge on any atom is -0.508 e. The highest BCUT2D eigenvalue weighted by molar-refractivity contribution is 5.90. The van der Waals surface area contributed by atoms with Crippen molar-refractivity contribution >= 4 is 5.97 Å². The third-order valence-corrected chi connectivity index (χ3v) is 3.21. The zero-order valence-electron chi connectivity index (χ0n) is 10.7. The third kappa shape index (κ3) is 1.93. The lowest BCUT2D eigenvalue weighted by Gasteiger charge is -2.21. The fourth-order valence-electron chi connectivity index (χ4n) is 2.28. The Bertz CT molecular complexity index is 706. The molecule has 0 saturated carbocycles. The number of benzene rings is 2. The largest absolute Gasteiger partial charge is 0.508 e. The SMILES string of the molecule is COC(=O)c1ccc2c(c1)Cc1cc(O)cc(O)c1O2. The summed E-state index contributed by atoms with van der Waals surface area (Å²) in [6.45, 7) is 0. The number of ether oxygens (including phenoxy) is 2. The number of rotatable bonds is 1. The minimum absolute atomic E-state index is 0.0302. The number of hydrogen-bond acceptors (Lipinski definition) is 5. The van der Waals surface area contributed by atoms with Crippen molar-refractivity contribution in [3.63, 3.8) is 0 Å². The first kappa shape index (κ1) is 12.3. The minimum atomic E-state index is -0.419. The van der Waals surface area contributed by atoms with Crippen LogP contribution in [-0.4, -0.2) is 23.3 Å². The topological polar surface area (TPSA) is 76.0 Å². The maximum atomic E-state index is 11.5. The van der Waals surface area contributed by atoms with Crippen LogP contribution < -0.4 is 4.74 Å². The highest BCUT2D eigenvalue weighted by Gasteiger charge is 2.22. The van der Waals surface area contributed by atoms with Crippen LogP contribution in [0.4, 0.5) is 0 Å². The summed E-state index contributed by atoms with van der Waals surface area (Å²) in [5.41, 5.74) is 1.89. The summed E-state index contributed by atoms with van der Waals surface area (Å²) in [5, 5.41) is 19.3. The van der Waals surface area contributed by atoms with E-state index >= 15 is 0 Å². The van der Waals surface area contributed by atoms with Crippen LogP contribution in [0.1, 0.15) is 21.5 Å². The highest BCUT2D eigenvalue weighted by atomic mass is 16.5. The summed E-state index contributed by atoms with van der Waals surface area (Å²) in [4.78, 5) is 11.5. The molecule has 0 atom stereocenters. The standard InChI is InChI=1S/C15H12O5/c1-19-15(18)8-2-3-13-9(4-8)5-10-6-11(16)7-12(17)14(10)20-13/h2-4,6-7,16-17H,5H2,1H3. The van der Waals surface area contributed by atoms with E-state index in [0.717, 1.165) is 5.56 Å². The van der Waals surface area contributed by atoms with Gasteiger partial charge in [-0.25, -0.2) is 4.79 Å². The predicted octanol–water partition coefficient (Wildman–Crippen LogP) is 2.58. The molecule has 0 aliphatic carbocycles. The molecule has 2 aromatic rings. The number of fused-ring (bicyclic) bond motifs is 2. The Morgan fingerprint density at radius 1 is 1.20 bits per heavy atom. The van der Waals surface area contributed by atoms with E-state index in [1.807, 2.05) is 0 Å². The number of esters is 1. The maximum Gasteiger partial charge on any atom is 0.337 e. The van der Waals surface area contributed by atoms with Crippen LogP contribution in [0.3, 0.4) is 0 Å². The van der Waals surface area contributed by atoms with Gasteiger partial charge in [0, 0.05) is 23.6 Å². The molecule has 1 aliphatic rings. The molecule has 1 heterocycles. The van der Waals surface area contributed by atoms with E-state index in [4.69, 9.17) is 4.74 Å². The predicted molar refractivity (Wildman–Crippen MR) is 70.4 cm³/mol. The second kappa shape index (κ2) is 4.45. The first-order valence-corrected chi connectivity index (χ1v) is 6.02. The smallest absolute Gasteiger partial charge is 0.337 e. The van der Waals surface area contributed by atoms with Crippen molar-refractivity contribution in [3.8, 4) is 23.0 Å². The van der Waals surface area contributed by atoms with Gasteiger partial charge < -0.3 is 19.7 Å². The molecule has 2 N–H and O–H groups in total. The van der Waals surface area contributed by atoms with Gasteiger partial charge in [0.15, 0.2) is 11.5 Å². The van der Waals surface area contributed by atoms with Crippen LogP contribution in [-0.2, 0) is 11.2 Å². The molecule has 1 aliphatic heterocycles. The Kier molecular flexibility index (Phi) is 2.75. The number of methoxy groups -OCH3 is 1. The normalized spacial score (nSPS) is 12.1. The molecule has 5 heteroatoms. The first-order chi connectivity index (χ1) is 9.58. The first-order valence-electron chi connectivity index (χ1n) is 6.02. The van der Waals surface area contributed by atoms with Crippen LogP contribution >= 0.6 is 0 Å². The second-order valence-corrected chi connectivity index (χ2v) is 4.55. The van der Waals surface area contributed by atoms with Gasteiger partial charge in [-0.3, -0.25) is 0 Å². The van der Waals surface area contributed by atoms with E-state index in [2.05, 4.69) is 4.74 Å². The average molecular weight is 272 g/mol. The fourth-order valence-corrected chi connectivity index (χ4v) is 2.28. The number of phenols is 2. The van der Waals surface area contributed by atoms with Gasteiger partial charge in [0.2, 0.25) is 0 Å². The molecule has 0 fully saturated rings. The van der Waals surface area contributed by atoms with Gasteiger partial charge in [-0.1, -0.05) is 0 Å². The van der Waals surface area contributed by atoms with Gasteiger partial charge in [-0.15, -0.1) is 0 Å². The third-order valence-electron chi connectivity index (χ3n) is 3.21. The number of carbonyl (C=O) groups is 1. The van der Waals surface area contributed by atoms with Crippen molar-refractivity contribution in [2.75, 3.05) is 7.11 Å². The quantitative estimate of drug-likeness (QED) is 0.666. The highest BCUT2D eigenvalue weighted by Crippen LogP contribution is 2.43. The number of carbonyl (C=O) groups excluding carboxylic acids is 1. The lowest BCUT2D eigenvalue weighted by molar-refractivity contribution is 0.0600. The van der Waals surface area contributed by atoms with E-state index in [-0.39, 0.29) is 11.5 Å². The Balaban J connectivity index is 2.04. The maximum absolute atomic E-state index is 11.5. The van der Waals surface area contributed by atoms with E-state index in [9.17, 15) is 15.0 Å². The zero-order chi connectivity index (χ0) is 14.3. The molecule has 0 amide bonds. The summed E-state index contributed by atoms with van der Waals surface area (Å²) >= 11 is 0. The molecular weight excluding hydrogens is 260 g/mol. The lowest BCUT2D eigenvalue weighted by Crippen LogP contribution is -2.07. The van der Waals surface area contributed by atoms with Crippen molar-refractivity contribution in [2.45, 2.75) is 6.42 Å². The Morgan fingerprint density at radius 2 is 2.00 bits per heavy atom. The van der Waals surface area contributed by atoms with E-state index in [0.29, 0.717) is 29.0 Å². The molecule has 102 valence electrons. The van der Waals surface area contributed by atoms with Gasteiger partial charge in [-0.05, 0) is 24.3 Å². The van der Waals surface area contributed by atoms with Gasteiger partial charge in [0.05, 0.1) is 12.7 Å². The molecule has 20 heavy (non-hydrogen) atoms. The van der Waals surface area contributed by atoms with Crippen molar-refractivity contribution in [1.29, 1.82) is 0 Å². The van der Waals surface area contributed by atoms with Gasteiger partial charge in [0.1, 0.15) is 11.5 Å². The number of hydrogen-bond donors (Lipinski definition) is 2. The van der Waals surface area contributed by atoms with Gasteiger partial charge in [-0.2, -0.15) is 0 Å². The molecule has 2 aromatic carbocycles. The lowest BCUT2D eigenvalue weighted by atomic mass is 9.98. The van der Waals surface area contributed by atoms with Crippen molar-refractivity contribution < 1.29 is 24.5 Å². The van der Waals surface area contributed by atoms with Crippen LogP contribution in [0.15, 0.2) is 30.3 Å². The Labute approximate surface area is 115 Å². The molecule has 3 rings (SSSR count). The van der Waals surface area contributed by atoms with Crippen molar-refractivity contribution in [2.24, 2.45) is 0 Å². The fraction of sp³-hybridized carbons (Fsp3) is 0.133.